The second-order valence-corrected chi connectivity index (χ2v) is 3.67. The normalized spacial score (nSPS) is 12.7. The molecule has 0 atom stereocenters. The number of carbonyl (C=O) groups excluding carboxylic acids is 2. The molecule has 3 heteroatoms. The van der Waals surface area contributed by atoms with E-state index in [0.717, 1.165) is 12.0 Å². The molecule has 82 valence electrons. The van der Waals surface area contributed by atoms with Gasteiger partial charge in [0.25, 0.3) is 0 Å². The van der Waals surface area contributed by atoms with Crippen molar-refractivity contribution in [2.75, 3.05) is 0 Å². The van der Waals surface area contributed by atoms with Gasteiger partial charge in [-0.05, 0) is 36.3 Å². The van der Waals surface area contributed by atoms with Crippen molar-refractivity contribution < 1.29 is 14.3 Å². The van der Waals surface area contributed by atoms with E-state index in [4.69, 9.17) is 4.74 Å². The molecule has 0 amide bonds. The van der Waals surface area contributed by atoms with Gasteiger partial charge in [-0.2, -0.15) is 0 Å². The third-order valence-corrected chi connectivity index (χ3v) is 2.39. The average molecular weight is 216 g/mol. The van der Waals surface area contributed by atoms with Gasteiger partial charge in [0.1, 0.15) is 5.75 Å². The summed E-state index contributed by atoms with van der Waals surface area (Å²) in [5, 5.41) is 0. The molecule has 0 unspecified atom stereocenters. The van der Waals surface area contributed by atoms with Crippen LogP contribution in [0.25, 0.3) is 6.08 Å². The molecule has 0 aromatic heterocycles. The van der Waals surface area contributed by atoms with Crippen molar-refractivity contribution in [2.24, 2.45) is 0 Å². The molecule has 0 heterocycles. The van der Waals surface area contributed by atoms with E-state index >= 15 is 0 Å². The molecule has 1 aromatic carbocycles. The number of allylic oxidation sites excluding steroid dienone is 1. The third-order valence-electron chi connectivity index (χ3n) is 2.39. The van der Waals surface area contributed by atoms with Gasteiger partial charge in [0.2, 0.25) is 0 Å². The molecule has 0 fully saturated rings. The molecule has 1 aliphatic carbocycles. The van der Waals surface area contributed by atoms with E-state index in [-0.39, 0.29) is 11.8 Å². The Kier molecular flexibility index (Phi) is 2.86. The fourth-order valence-corrected chi connectivity index (χ4v) is 1.61. The van der Waals surface area contributed by atoms with E-state index in [1.165, 1.54) is 6.08 Å². The molecule has 0 bridgehead atoms. The smallest absolute Gasteiger partial charge is 0.311 e. The minimum Gasteiger partial charge on any atom is -0.427 e. The van der Waals surface area contributed by atoms with Crippen LogP contribution in [0, 0.1) is 0 Å². The van der Waals surface area contributed by atoms with Crippen molar-refractivity contribution in [1.82, 2.24) is 0 Å². The molecule has 2 rings (SSSR count). The Labute approximate surface area is 93.7 Å². The van der Waals surface area contributed by atoms with E-state index in [2.05, 4.69) is 0 Å². The van der Waals surface area contributed by atoms with Crippen molar-refractivity contribution >= 4 is 17.8 Å². The van der Waals surface area contributed by atoms with Crippen LogP contribution >= 0.6 is 0 Å². The Morgan fingerprint density at radius 2 is 2.12 bits per heavy atom. The first-order valence-electron chi connectivity index (χ1n) is 5.28. The van der Waals surface area contributed by atoms with E-state index in [1.54, 1.807) is 24.3 Å². The van der Waals surface area contributed by atoms with Gasteiger partial charge >= 0.3 is 5.97 Å². The van der Waals surface area contributed by atoms with Crippen LogP contribution in [-0.4, -0.2) is 11.8 Å². The Bertz CT molecular complexity index is 472. The van der Waals surface area contributed by atoms with Crippen molar-refractivity contribution in [2.45, 2.75) is 19.8 Å². The number of esters is 1. The number of benzene rings is 1. The number of hydrogen-bond donors (Lipinski definition) is 0. The summed E-state index contributed by atoms with van der Waals surface area (Å²) in [5.74, 6) is 0.258. The van der Waals surface area contributed by atoms with Crippen LogP contribution in [0.15, 0.2) is 24.3 Å². The standard InChI is InChI=1S/C13H12O3/c1-2-3-13(15)16-10-5-6-11-9(8-10)4-7-12(11)14/h4-8H,2-3H2,1H3. The first-order chi connectivity index (χ1) is 7.70. The largest absolute Gasteiger partial charge is 0.427 e. The average Bonchev–Trinajstić information content (AvgIpc) is 2.60. The Morgan fingerprint density at radius 1 is 1.31 bits per heavy atom. The third kappa shape index (κ3) is 2.03. The lowest BCUT2D eigenvalue weighted by molar-refractivity contribution is -0.134. The highest BCUT2D eigenvalue weighted by Gasteiger charge is 2.14. The van der Waals surface area contributed by atoms with Crippen LogP contribution in [0.3, 0.4) is 0 Å². The number of hydrogen-bond acceptors (Lipinski definition) is 3. The van der Waals surface area contributed by atoms with Gasteiger partial charge in [0.15, 0.2) is 5.78 Å². The first-order valence-corrected chi connectivity index (χ1v) is 5.28. The fourth-order valence-electron chi connectivity index (χ4n) is 1.61. The van der Waals surface area contributed by atoms with Crippen LogP contribution in [0.2, 0.25) is 0 Å². The van der Waals surface area contributed by atoms with Gasteiger partial charge in [-0.1, -0.05) is 13.0 Å². The van der Waals surface area contributed by atoms with Gasteiger partial charge in [-0.3, -0.25) is 9.59 Å². The predicted octanol–water partition coefficient (Wildman–Crippen LogP) is 2.60. The summed E-state index contributed by atoms with van der Waals surface area (Å²) in [6.07, 6.45) is 4.42. The molecular weight excluding hydrogens is 204 g/mol. The SMILES string of the molecule is CCCC(=O)Oc1ccc2c(c1)C=CC2=O. The molecular formula is C13H12O3. The first kappa shape index (κ1) is 10.6. The number of fused-ring (bicyclic) bond motifs is 1. The second-order valence-electron chi connectivity index (χ2n) is 3.67. The van der Waals surface area contributed by atoms with Crippen molar-refractivity contribution in [1.29, 1.82) is 0 Å². The lowest BCUT2D eigenvalue weighted by Crippen LogP contribution is -2.07. The van der Waals surface area contributed by atoms with E-state index in [0.29, 0.717) is 17.7 Å². The van der Waals surface area contributed by atoms with Crippen molar-refractivity contribution in [3.05, 3.63) is 35.4 Å². The minimum atomic E-state index is -0.240. The van der Waals surface area contributed by atoms with Crippen LogP contribution in [0.1, 0.15) is 35.7 Å². The second kappa shape index (κ2) is 4.31. The minimum absolute atomic E-state index is 0.00133. The Hall–Kier alpha value is -1.90. The van der Waals surface area contributed by atoms with Gasteiger partial charge in [-0.25, -0.2) is 0 Å². The van der Waals surface area contributed by atoms with Crippen molar-refractivity contribution in [3.8, 4) is 5.75 Å². The monoisotopic (exact) mass is 216 g/mol. The number of ketones is 1. The predicted molar refractivity (Wildman–Crippen MR) is 60.3 cm³/mol. The van der Waals surface area contributed by atoms with Crippen molar-refractivity contribution in [3.63, 3.8) is 0 Å². The molecule has 1 aliphatic rings. The summed E-state index contributed by atoms with van der Waals surface area (Å²) in [5.41, 5.74) is 1.47. The summed E-state index contributed by atoms with van der Waals surface area (Å²) in [6.45, 7) is 1.92. The topological polar surface area (TPSA) is 43.4 Å². The zero-order chi connectivity index (χ0) is 11.5. The van der Waals surface area contributed by atoms with Gasteiger partial charge < -0.3 is 4.74 Å². The number of ether oxygens (including phenoxy) is 1. The summed E-state index contributed by atoms with van der Waals surface area (Å²) < 4.78 is 5.13. The summed E-state index contributed by atoms with van der Waals surface area (Å²) in [4.78, 5) is 22.6. The van der Waals surface area contributed by atoms with E-state index < -0.39 is 0 Å². The maximum atomic E-state index is 11.3. The van der Waals surface area contributed by atoms with E-state index in [9.17, 15) is 9.59 Å². The molecule has 16 heavy (non-hydrogen) atoms. The summed E-state index contributed by atoms with van der Waals surface area (Å²) in [7, 11) is 0. The maximum Gasteiger partial charge on any atom is 0.311 e. The van der Waals surface area contributed by atoms with Gasteiger partial charge in [0.05, 0.1) is 0 Å². The molecule has 0 aliphatic heterocycles. The number of carbonyl (C=O) groups is 2. The fraction of sp³-hybridized carbons (Fsp3) is 0.231. The summed E-state index contributed by atoms with van der Waals surface area (Å²) >= 11 is 0. The van der Waals surface area contributed by atoms with Gasteiger partial charge in [0, 0.05) is 12.0 Å². The van der Waals surface area contributed by atoms with Crippen LogP contribution < -0.4 is 4.74 Å². The lowest BCUT2D eigenvalue weighted by Gasteiger charge is -2.04. The number of rotatable bonds is 3. The highest BCUT2D eigenvalue weighted by atomic mass is 16.5. The molecule has 0 spiro atoms. The summed E-state index contributed by atoms with van der Waals surface area (Å²) in [6, 6.07) is 5.05. The van der Waals surface area contributed by atoms with Crippen LogP contribution in [0.4, 0.5) is 0 Å². The maximum absolute atomic E-state index is 11.3. The molecule has 0 saturated heterocycles. The highest BCUT2D eigenvalue weighted by molar-refractivity contribution is 6.13. The Morgan fingerprint density at radius 3 is 2.88 bits per heavy atom. The van der Waals surface area contributed by atoms with Crippen LogP contribution in [-0.2, 0) is 4.79 Å². The van der Waals surface area contributed by atoms with Crippen LogP contribution in [0.5, 0.6) is 5.75 Å². The molecule has 0 N–H and O–H groups in total. The highest BCUT2D eigenvalue weighted by Crippen LogP contribution is 2.24. The lowest BCUT2D eigenvalue weighted by atomic mass is 10.1. The molecule has 0 saturated carbocycles. The Balaban J connectivity index is 2.16. The molecule has 0 radical (unpaired) electrons. The van der Waals surface area contributed by atoms with Gasteiger partial charge in [-0.15, -0.1) is 0 Å². The molecule has 3 nitrogen and oxygen atoms in total. The zero-order valence-corrected chi connectivity index (χ0v) is 9.03. The quantitative estimate of drug-likeness (QED) is 0.576. The van der Waals surface area contributed by atoms with E-state index in [1.807, 2.05) is 6.92 Å². The zero-order valence-electron chi connectivity index (χ0n) is 9.03. The molecule has 1 aromatic rings.